The Hall–Kier alpha value is 1.19. The van der Waals surface area contributed by atoms with Crippen LogP contribution in [-0.4, -0.2) is 4.58 Å². The van der Waals surface area contributed by atoms with E-state index >= 15 is 0 Å². The largest absolute Gasteiger partial charge is 0.343 e. The Morgan fingerprint density at radius 2 is 1.78 bits per heavy atom. The van der Waals surface area contributed by atoms with Crippen molar-refractivity contribution in [2.75, 3.05) is 0 Å². The van der Waals surface area contributed by atoms with Crippen LogP contribution in [-0.2, 0) is 16.5 Å². The molecular formula is C6H13NiS2-. The van der Waals surface area contributed by atoms with Crippen molar-refractivity contribution in [1.82, 2.24) is 0 Å². The SMILES string of the molecule is [CH2-]CCCCC(S)S.[Ni]. The molecule has 0 N–H and O–H groups in total. The number of rotatable bonds is 4. The van der Waals surface area contributed by atoms with Crippen LogP contribution in [0.1, 0.15) is 25.7 Å². The second-order valence-electron chi connectivity index (χ2n) is 1.83. The zero-order valence-electron chi connectivity index (χ0n) is 5.32. The summed E-state index contributed by atoms with van der Waals surface area (Å²) in [6.07, 6.45) is 4.55. The van der Waals surface area contributed by atoms with Crippen molar-refractivity contribution in [3.05, 3.63) is 6.92 Å². The van der Waals surface area contributed by atoms with Crippen molar-refractivity contribution >= 4 is 25.3 Å². The van der Waals surface area contributed by atoms with E-state index in [1.165, 1.54) is 12.8 Å². The Balaban J connectivity index is 0. The van der Waals surface area contributed by atoms with E-state index in [0.29, 0.717) is 0 Å². The fraction of sp³-hybridized carbons (Fsp3) is 0.833. The van der Waals surface area contributed by atoms with Crippen molar-refractivity contribution in [1.29, 1.82) is 0 Å². The average Bonchev–Trinajstić information content (AvgIpc) is 1.66. The van der Waals surface area contributed by atoms with Crippen LogP contribution in [0, 0.1) is 6.92 Å². The van der Waals surface area contributed by atoms with Gasteiger partial charge in [-0.25, -0.2) is 0 Å². The molecule has 0 bridgehead atoms. The van der Waals surface area contributed by atoms with Crippen LogP contribution >= 0.6 is 25.3 Å². The summed E-state index contributed by atoms with van der Waals surface area (Å²) in [5.41, 5.74) is 0. The van der Waals surface area contributed by atoms with Gasteiger partial charge in [0.25, 0.3) is 0 Å². The van der Waals surface area contributed by atoms with Gasteiger partial charge < -0.3 is 6.92 Å². The third-order valence-electron chi connectivity index (χ3n) is 0.962. The van der Waals surface area contributed by atoms with Crippen molar-refractivity contribution in [3.8, 4) is 0 Å². The molecule has 0 aliphatic carbocycles. The van der Waals surface area contributed by atoms with Gasteiger partial charge in [0.1, 0.15) is 0 Å². The Bertz CT molecular complexity index is 48.3. The molecule has 0 amide bonds. The first kappa shape index (κ1) is 12.8. The number of thiol groups is 2. The Labute approximate surface area is 78.9 Å². The van der Waals surface area contributed by atoms with Gasteiger partial charge in [0.05, 0.1) is 0 Å². The minimum absolute atomic E-state index is 0. The quantitative estimate of drug-likeness (QED) is 0.229. The van der Waals surface area contributed by atoms with E-state index in [-0.39, 0.29) is 21.1 Å². The average molecular weight is 208 g/mol. The molecule has 9 heavy (non-hydrogen) atoms. The molecule has 0 fully saturated rings. The maximum atomic E-state index is 4.11. The van der Waals surface area contributed by atoms with Gasteiger partial charge in [-0.15, -0.1) is 0 Å². The first-order chi connectivity index (χ1) is 3.77. The fourth-order valence-corrected chi connectivity index (χ4v) is 0.869. The third-order valence-corrected chi connectivity index (χ3v) is 1.48. The zero-order chi connectivity index (χ0) is 6.41. The summed E-state index contributed by atoms with van der Waals surface area (Å²) in [6.45, 7) is 3.73. The molecule has 0 atom stereocenters. The molecule has 0 rings (SSSR count). The molecule has 0 saturated heterocycles. The van der Waals surface area contributed by atoms with Crippen LogP contribution in [0.3, 0.4) is 0 Å². The molecule has 0 radical (unpaired) electrons. The van der Waals surface area contributed by atoms with E-state index in [4.69, 9.17) is 0 Å². The topological polar surface area (TPSA) is 0 Å². The standard InChI is InChI=1S/C6H13S2.Ni/c1-2-3-4-5-6(7)8;/h6-8H,1-5H2;/q-1;. The Morgan fingerprint density at radius 1 is 1.22 bits per heavy atom. The molecule has 0 heterocycles. The molecule has 0 saturated carbocycles. The van der Waals surface area contributed by atoms with Gasteiger partial charge in [-0.2, -0.15) is 31.7 Å². The fourth-order valence-electron chi connectivity index (χ4n) is 0.504. The summed E-state index contributed by atoms with van der Waals surface area (Å²) in [5, 5.41) is 0. The second-order valence-corrected chi connectivity index (χ2v) is 3.48. The molecule has 0 nitrogen and oxygen atoms in total. The van der Waals surface area contributed by atoms with Crippen LogP contribution in [0.2, 0.25) is 0 Å². The molecule has 0 spiro atoms. The van der Waals surface area contributed by atoms with Crippen molar-refractivity contribution in [2.45, 2.75) is 30.3 Å². The van der Waals surface area contributed by atoms with Crippen molar-refractivity contribution in [3.63, 3.8) is 0 Å². The molecule has 0 aliphatic heterocycles. The summed E-state index contributed by atoms with van der Waals surface area (Å²) in [6, 6.07) is 0. The summed E-state index contributed by atoms with van der Waals surface area (Å²) < 4.78 is 0.265. The van der Waals surface area contributed by atoms with Crippen molar-refractivity contribution < 1.29 is 16.5 Å². The van der Waals surface area contributed by atoms with Crippen LogP contribution in [0.5, 0.6) is 0 Å². The van der Waals surface area contributed by atoms with Crippen LogP contribution < -0.4 is 0 Å². The molecular weight excluding hydrogens is 195 g/mol. The van der Waals surface area contributed by atoms with Gasteiger partial charge in [0, 0.05) is 21.1 Å². The summed E-state index contributed by atoms with van der Waals surface area (Å²) >= 11 is 8.23. The van der Waals surface area contributed by atoms with Gasteiger partial charge in [-0.05, 0) is 6.42 Å². The van der Waals surface area contributed by atoms with Crippen LogP contribution in [0.25, 0.3) is 0 Å². The second kappa shape index (κ2) is 9.19. The predicted octanol–water partition coefficient (Wildman–Crippen LogP) is 2.56. The number of unbranched alkanes of at least 4 members (excludes halogenated alkanes) is 2. The van der Waals surface area contributed by atoms with E-state index in [1.54, 1.807) is 0 Å². The predicted molar refractivity (Wildman–Crippen MR) is 45.6 cm³/mol. The van der Waals surface area contributed by atoms with E-state index in [1.807, 2.05) is 0 Å². The zero-order valence-corrected chi connectivity index (χ0v) is 8.10. The van der Waals surface area contributed by atoms with E-state index in [9.17, 15) is 0 Å². The smallest absolute Gasteiger partial charge is 0.0442 e. The molecule has 3 heteroatoms. The summed E-state index contributed by atoms with van der Waals surface area (Å²) in [5.74, 6) is 0. The van der Waals surface area contributed by atoms with E-state index in [2.05, 4.69) is 32.2 Å². The maximum Gasteiger partial charge on any atom is 0.0442 e. The minimum Gasteiger partial charge on any atom is -0.343 e. The van der Waals surface area contributed by atoms with Gasteiger partial charge in [-0.1, -0.05) is 12.8 Å². The molecule has 0 aromatic carbocycles. The third kappa shape index (κ3) is 12.4. The van der Waals surface area contributed by atoms with Gasteiger partial charge in [0.2, 0.25) is 0 Å². The number of hydrogen-bond acceptors (Lipinski definition) is 2. The van der Waals surface area contributed by atoms with Crippen LogP contribution in [0.15, 0.2) is 0 Å². The van der Waals surface area contributed by atoms with Gasteiger partial charge in [-0.3, -0.25) is 0 Å². The molecule has 0 unspecified atom stereocenters. The molecule has 0 aromatic heterocycles. The number of hydrogen-bond donors (Lipinski definition) is 2. The Kier molecular flexibility index (Phi) is 13.1. The normalized spacial score (nSPS) is 9.33. The molecule has 0 aliphatic rings. The van der Waals surface area contributed by atoms with E-state index in [0.717, 1.165) is 12.8 Å². The molecule has 60 valence electrons. The first-order valence-electron chi connectivity index (χ1n) is 2.92. The monoisotopic (exact) mass is 207 g/mol. The first-order valence-corrected chi connectivity index (χ1v) is 3.96. The summed E-state index contributed by atoms with van der Waals surface area (Å²) in [7, 11) is 0. The van der Waals surface area contributed by atoms with Crippen LogP contribution in [0.4, 0.5) is 0 Å². The molecule has 0 aromatic rings. The maximum absolute atomic E-state index is 4.11. The summed E-state index contributed by atoms with van der Waals surface area (Å²) in [4.78, 5) is 0. The van der Waals surface area contributed by atoms with Crippen molar-refractivity contribution in [2.24, 2.45) is 0 Å². The van der Waals surface area contributed by atoms with Gasteiger partial charge >= 0.3 is 0 Å². The van der Waals surface area contributed by atoms with Gasteiger partial charge in [0.15, 0.2) is 0 Å². The van der Waals surface area contributed by atoms with E-state index < -0.39 is 0 Å². The minimum atomic E-state index is 0. The Morgan fingerprint density at radius 3 is 2.11 bits per heavy atom.